The quantitative estimate of drug-likeness (QED) is 0.275. The summed E-state index contributed by atoms with van der Waals surface area (Å²) < 4.78 is 23.0. The van der Waals surface area contributed by atoms with Crippen molar-refractivity contribution in [2.75, 3.05) is 18.0 Å². The number of aliphatic imine (C=N–C) groups is 1. The van der Waals surface area contributed by atoms with Gasteiger partial charge >= 0.3 is 0 Å². The van der Waals surface area contributed by atoms with Crippen LogP contribution in [0, 0.1) is 0 Å². The van der Waals surface area contributed by atoms with Gasteiger partial charge in [-0.25, -0.2) is 18.5 Å². The Balaban J connectivity index is 0.00000341. The molecular formula is C21H28IN5O3S. The van der Waals surface area contributed by atoms with Crippen LogP contribution in [-0.4, -0.2) is 33.4 Å². The number of halogens is 1. The normalized spacial score (nSPS) is 14.3. The molecule has 3 rings (SSSR count). The molecule has 168 valence electrons. The monoisotopic (exact) mass is 557 g/mol. The Morgan fingerprint density at radius 2 is 1.87 bits per heavy atom. The maximum atomic E-state index is 11.9. The molecule has 1 aliphatic rings. The van der Waals surface area contributed by atoms with Crippen LogP contribution in [0.15, 0.2) is 58.4 Å². The van der Waals surface area contributed by atoms with Crippen LogP contribution in [0.4, 0.5) is 5.69 Å². The van der Waals surface area contributed by atoms with Gasteiger partial charge in [-0.15, -0.1) is 24.0 Å². The van der Waals surface area contributed by atoms with Gasteiger partial charge < -0.3 is 15.5 Å². The van der Waals surface area contributed by atoms with Crippen molar-refractivity contribution in [3.8, 4) is 0 Å². The van der Waals surface area contributed by atoms with Gasteiger partial charge in [-0.2, -0.15) is 0 Å². The molecule has 2 aromatic carbocycles. The van der Waals surface area contributed by atoms with Crippen molar-refractivity contribution >= 4 is 51.6 Å². The predicted molar refractivity (Wildman–Crippen MR) is 133 cm³/mol. The first-order valence-electron chi connectivity index (χ1n) is 9.90. The molecule has 1 saturated heterocycles. The molecule has 0 radical (unpaired) electrons. The summed E-state index contributed by atoms with van der Waals surface area (Å²) >= 11 is 0. The summed E-state index contributed by atoms with van der Waals surface area (Å²) in [5, 5.41) is 11.6. The number of carbonyl (C=O) groups is 1. The molecular weight excluding hydrogens is 529 g/mol. The Kier molecular flexibility index (Phi) is 9.26. The lowest BCUT2D eigenvalue weighted by atomic mass is 10.2. The highest BCUT2D eigenvalue weighted by Crippen LogP contribution is 2.21. The Labute approximate surface area is 200 Å². The number of hydrogen-bond donors (Lipinski definition) is 3. The molecule has 0 atom stereocenters. The Hall–Kier alpha value is -2.18. The first-order valence-corrected chi connectivity index (χ1v) is 11.4. The zero-order valence-corrected chi connectivity index (χ0v) is 20.5. The number of amides is 1. The van der Waals surface area contributed by atoms with Gasteiger partial charge in [-0.3, -0.25) is 4.79 Å². The minimum absolute atomic E-state index is 0. The average Bonchev–Trinajstić information content (AvgIpc) is 3.16. The highest BCUT2D eigenvalue weighted by atomic mass is 127. The van der Waals surface area contributed by atoms with Crippen molar-refractivity contribution in [3.63, 3.8) is 0 Å². The van der Waals surface area contributed by atoms with Gasteiger partial charge in [0.15, 0.2) is 5.96 Å². The van der Waals surface area contributed by atoms with Crippen molar-refractivity contribution in [2.45, 2.75) is 37.8 Å². The molecule has 0 aromatic heterocycles. The zero-order chi connectivity index (χ0) is 21.6. The van der Waals surface area contributed by atoms with Crippen LogP contribution in [0.3, 0.4) is 0 Å². The molecule has 2 aromatic rings. The van der Waals surface area contributed by atoms with E-state index in [0.29, 0.717) is 32.0 Å². The second-order valence-electron chi connectivity index (χ2n) is 7.06. The van der Waals surface area contributed by atoms with Crippen molar-refractivity contribution in [1.29, 1.82) is 0 Å². The SMILES string of the molecule is CCNC(=NCc1cccc(S(N)(=O)=O)c1)NCc1ccc(N2CCCC2=O)cc1.I. The third-order valence-electron chi connectivity index (χ3n) is 4.77. The Bertz CT molecular complexity index is 1030. The summed E-state index contributed by atoms with van der Waals surface area (Å²) in [5.74, 6) is 0.797. The van der Waals surface area contributed by atoms with E-state index in [1.807, 2.05) is 36.1 Å². The van der Waals surface area contributed by atoms with Crippen LogP contribution < -0.4 is 20.7 Å². The van der Waals surface area contributed by atoms with E-state index in [2.05, 4.69) is 15.6 Å². The van der Waals surface area contributed by atoms with E-state index in [9.17, 15) is 13.2 Å². The molecule has 1 fully saturated rings. The van der Waals surface area contributed by atoms with E-state index >= 15 is 0 Å². The number of benzene rings is 2. The third-order valence-corrected chi connectivity index (χ3v) is 5.68. The first kappa shape index (κ1) is 25.1. The summed E-state index contributed by atoms with van der Waals surface area (Å²) in [6, 6.07) is 14.4. The van der Waals surface area contributed by atoms with Crippen molar-refractivity contribution in [2.24, 2.45) is 10.1 Å². The predicted octanol–water partition coefficient (Wildman–Crippen LogP) is 2.33. The Morgan fingerprint density at radius 1 is 1.13 bits per heavy atom. The number of nitrogens with zero attached hydrogens (tertiary/aromatic N) is 2. The van der Waals surface area contributed by atoms with E-state index in [-0.39, 0.29) is 34.8 Å². The number of nitrogens with two attached hydrogens (primary N) is 1. The highest BCUT2D eigenvalue weighted by molar-refractivity contribution is 14.0. The molecule has 4 N–H and O–H groups in total. The summed E-state index contributed by atoms with van der Waals surface area (Å²) in [6.07, 6.45) is 1.52. The molecule has 0 spiro atoms. The molecule has 10 heteroatoms. The van der Waals surface area contributed by atoms with Crippen LogP contribution >= 0.6 is 24.0 Å². The second kappa shape index (κ2) is 11.4. The molecule has 0 aliphatic carbocycles. The molecule has 0 unspecified atom stereocenters. The van der Waals surface area contributed by atoms with Gasteiger partial charge in [0.1, 0.15) is 0 Å². The number of primary sulfonamides is 1. The lowest BCUT2D eigenvalue weighted by Gasteiger charge is -2.16. The maximum Gasteiger partial charge on any atom is 0.238 e. The fourth-order valence-corrected chi connectivity index (χ4v) is 3.82. The van der Waals surface area contributed by atoms with Crippen LogP contribution in [0.2, 0.25) is 0 Å². The summed E-state index contributed by atoms with van der Waals surface area (Å²) in [5.41, 5.74) is 2.74. The molecule has 0 bridgehead atoms. The minimum Gasteiger partial charge on any atom is -0.357 e. The number of sulfonamides is 1. The van der Waals surface area contributed by atoms with Crippen LogP contribution in [0.5, 0.6) is 0 Å². The molecule has 31 heavy (non-hydrogen) atoms. The molecule has 1 heterocycles. The van der Waals surface area contributed by atoms with Crippen LogP contribution in [-0.2, 0) is 27.9 Å². The fraction of sp³-hybridized carbons (Fsp3) is 0.333. The van der Waals surface area contributed by atoms with Gasteiger partial charge in [-0.1, -0.05) is 24.3 Å². The standard InChI is InChI=1S/C21H27N5O3S.HI/c1-2-23-21(25-15-17-5-3-6-19(13-17)30(22,28)29)24-14-16-8-10-18(11-9-16)26-12-4-7-20(26)27;/h3,5-6,8-11,13H,2,4,7,12,14-15H2,1H3,(H2,22,28,29)(H2,23,24,25);1H. The summed E-state index contributed by atoms with van der Waals surface area (Å²) in [6.45, 7) is 4.33. The van der Waals surface area contributed by atoms with E-state index in [0.717, 1.165) is 29.8 Å². The lowest BCUT2D eigenvalue weighted by Crippen LogP contribution is -2.36. The third kappa shape index (κ3) is 7.18. The van der Waals surface area contributed by atoms with E-state index in [1.165, 1.54) is 12.1 Å². The average molecular weight is 557 g/mol. The Morgan fingerprint density at radius 3 is 2.48 bits per heavy atom. The fourth-order valence-electron chi connectivity index (χ4n) is 3.23. The van der Waals surface area contributed by atoms with Crippen LogP contribution in [0.1, 0.15) is 30.9 Å². The van der Waals surface area contributed by atoms with Crippen molar-refractivity contribution in [1.82, 2.24) is 10.6 Å². The number of rotatable bonds is 7. The maximum absolute atomic E-state index is 11.9. The molecule has 1 amide bonds. The van der Waals surface area contributed by atoms with Gasteiger partial charge in [-0.05, 0) is 48.7 Å². The number of carbonyl (C=O) groups excluding carboxylic acids is 1. The van der Waals surface area contributed by atoms with E-state index in [4.69, 9.17) is 5.14 Å². The summed E-state index contributed by atoms with van der Waals surface area (Å²) in [4.78, 5) is 18.3. The number of guanidine groups is 1. The van der Waals surface area contributed by atoms with E-state index < -0.39 is 10.0 Å². The topological polar surface area (TPSA) is 117 Å². The van der Waals surface area contributed by atoms with Crippen LogP contribution in [0.25, 0.3) is 0 Å². The first-order chi connectivity index (χ1) is 14.4. The van der Waals surface area contributed by atoms with Crippen molar-refractivity contribution < 1.29 is 13.2 Å². The number of hydrogen-bond acceptors (Lipinski definition) is 4. The van der Waals surface area contributed by atoms with Gasteiger partial charge in [0.05, 0.1) is 11.4 Å². The molecule has 8 nitrogen and oxygen atoms in total. The largest absolute Gasteiger partial charge is 0.357 e. The van der Waals surface area contributed by atoms with Gasteiger partial charge in [0, 0.05) is 31.7 Å². The lowest BCUT2D eigenvalue weighted by molar-refractivity contribution is -0.117. The minimum atomic E-state index is -3.74. The van der Waals surface area contributed by atoms with Gasteiger partial charge in [0.2, 0.25) is 15.9 Å². The number of anilines is 1. The smallest absolute Gasteiger partial charge is 0.238 e. The highest BCUT2D eigenvalue weighted by Gasteiger charge is 2.21. The molecule has 0 saturated carbocycles. The van der Waals surface area contributed by atoms with Crippen molar-refractivity contribution in [3.05, 3.63) is 59.7 Å². The summed E-state index contributed by atoms with van der Waals surface area (Å²) in [7, 11) is -3.74. The molecule has 1 aliphatic heterocycles. The van der Waals surface area contributed by atoms with E-state index in [1.54, 1.807) is 12.1 Å². The zero-order valence-electron chi connectivity index (χ0n) is 17.4. The number of nitrogens with one attached hydrogen (secondary N) is 2. The van der Waals surface area contributed by atoms with Gasteiger partial charge in [0.25, 0.3) is 0 Å². The second-order valence-corrected chi connectivity index (χ2v) is 8.62.